The van der Waals surface area contributed by atoms with Gasteiger partial charge in [-0.2, -0.15) is 0 Å². The number of hydrogen-bond acceptors (Lipinski definition) is 3. The highest BCUT2D eigenvalue weighted by Crippen LogP contribution is 1.99. The SMILES string of the molecule is CC=CCOC(C)CC(=O)OCC. The minimum Gasteiger partial charge on any atom is -0.466 e. The lowest BCUT2D eigenvalue weighted by molar-refractivity contribution is -0.145. The molecule has 0 radical (unpaired) electrons. The molecule has 1 atom stereocenters. The summed E-state index contributed by atoms with van der Waals surface area (Å²) in [6, 6.07) is 0. The monoisotopic (exact) mass is 186 g/mol. The predicted molar refractivity (Wildman–Crippen MR) is 51.5 cm³/mol. The van der Waals surface area contributed by atoms with Crippen LogP contribution in [0.3, 0.4) is 0 Å². The molecule has 0 bridgehead atoms. The third kappa shape index (κ3) is 7.53. The molecule has 13 heavy (non-hydrogen) atoms. The molecule has 0 aliphatic rings. The quantitative estimate of drug-likeness (QED) is 0.469. The summed E-state index contributed by atoms with van der Waals surface area (Å²) >= 11 is 0. The molecule has 3 nitrogen and oxygen atoms in total. The zero-order chi connectivity index (χ0) is 10.1. The van der Waals surface area contributed by atoms with E-state index in [0.717, 1.165) is 0 Å². The van der Waals surface area contributed by atoms with Gasteiger partial charge in [-0.15, -0.1) is 0 Å². The van der Waals surface area contributed by atoms with E-state index in [4.69, 9.17) is 9.47 Å². The number of carbonyl (C=O) groups excluding carboxylic acids is 1. The van der Waals surface area contributed by atoms with Gasteiger partial charge in [0.2, 0.25) is 0 Å². The summed E-state index contributed by atoms with van der Waals surface area (Å²) in [5, 5.41) is 0. The van der Waals surface area contributed by atoms with E-state index in [1.54, 1.807) is 6.92 Å². The Morgan fingerprint density at radius 1 is 1.54 bits per heavy atom. The molecule has 0 aliphatic carbocycles. The Labute approximate surface area is 79.7 Å². The minimum absolute atomic E-state index is 0.0738. The number of allylic oxidation sites excluding steroid dienone is 1. The van der Waals surface area contributed by atoms with Gasteiger partial charge >= 0.3 is 5.97 Å². The summed E-state index contributed by atoms with van der Waals surface area (Å²) < 4.78 is 10.1. The molecule has 0 amide bonds. The van der Waals surface area contributed by atoms with Crippen LogP contribution in [0.1, 0.15) is 27.2 Å². The van der Waals surface area contributed by atoms with E-state index in [0.29, 0.717) is 19.6 Å². The van der Waals surface area contributed by atoms with Gasteiger partial charge in [0.1, 0.15) is 0 Å². The standard InChI is InChI=1S/C10H18O3/c1-4-6-7-13-9(3)8-10(11)12-5-2/h4,6,9H,5,7-8H2,1-3H3. The van der Waals surface area contributed by atoms with Gasteiger partial charge in [0.25, 0.3) is 0 Å². The highest BCUT2D eigenvalue weighted by molar-refractivity contribution is 5.69. The number of ether oxygens (including phenoxy) is 2. The molecule has 0 aromatic carbocycles. The third-order valence-electron chi connectivity index (χ3n) is 1.47. The smallest absolute Gasteiger partial charge is 0.308 e. The van der Waals surface area contributed by atoms with Crippen molar-refractivity contribution >= 4 is 5.97 Å². The molecule has 0 saturated carbocycles. The fraction of sp³-hybridized carbons (Fsp3) is 0.700. The van der Waals surface area contributed by atoms with Crippen molar-refractivity contribution in [1.29, 1.82) is 0 Å². The Morgan fingerprint density at radius 3 is 2.77 bits per heavy atom. The van der Waals surface area contributed by atoms with E-state index in [2.05, 4.69) is 0 Å². The van der Waals surface area contributed by atoms with Gasteiger partial charge < -0.3 is 9.47 Å². The van der Waals surface area contributed by atoms with Gasteiger partial charge in [0.05, 0.1) is 25.7 Å². The third-order valence-corrected chi connectivity index (χ3v) is 1.47. The van der Waals surface area contributed by atoms with Crippen molar-refractivity contribution in [3.63, 3.8) is 0 Å². The van der Waals surface area contributed by atoms with E-state index in [9.17, 15) is 4.79 Å². The topological polar surface area (TPSA) is 35.5 Å². The van der Waals surface area contributed by atoms with E-state index in [-0.39, 0.29) is 12.1 Å². The average molecular weight is 186 g/mol. The molecule has 0 saturated heterocycles. The van der Waals surface area contributed by atoms with Crippen molar-refractivity contribution in [3.05, 3.63) is 12.2 Å². The molecular weight excluding hydrogens is 168 g/mol. The number of hydrogen-bond donors (Lipinski definition) is 0. The van der Waals surface area contributed by atoms with Gasteiger partial charge in [-0.25, -0.2) is 0 Å². The first-order valence-electron chi connectivity index (χ1n) is 4.59. The molecule has 0 rings (SSSR count). The lowest BCUT2D eigenvalue weighted by atomic mass is 10.3. The average Bonchev–Trinajstić information content (AvgIpc) is 2.05. The van der Waals surface area contributed by atoms with E-state index in [1.807, 2.05) is 26.0 Å². The number of carbonyl (C=O) groups is 1. The summed E-state index contributed by atoms with van der Waals surface area (Å²) in [5.41, 5.74) is 0. The molecule has 0 heterocycles. The van der Waals surface area contributed by atoms with Crippen LogP contribution in [0.25, 0.3) is 0 Å². The Bertz CT molecular complexity index is 164. The van der Waals surface area contributed by atoms with Crippen molar-refractivity contribution in [3.8, 4) is 0 Å². The zero-order valence-corrected chi connectivity index (χ0v) is 8.58. The Morgan fingerprint density at radius 2 is 2.23 bits per heavy atom. The van der Waals surface area contributed by atoms with Crippen LogP contribution in [0.2, 0.25) is 0 Å². The van der Waals surface area contributed by atoms with Gasteiger partial charge in [-0.05, 0) is 20.8 Å². The molecule has 0 N–H and O–H groups in total. The minimum atomic E-state index is -0.199. The van der Waals surface area contributed by atoms with Crippen molar-refractivity contribution in [2.75, 3.05) is 13.2 Å². The summed E-state index contributed by atoms with van der Waals surface area (Å²) in [6.45, 7) is 6.57. The van der Waals surface area contributed by atoms with Crippen molar-refractivity contribution in [2.45, 2.75) is 33.3 Å². The largest absolute Gasteiger partial charge is 0.466 e. The number of esters is 1. The van der Waals surface area contributed by atoms with Crippen molar-refractivity contribution in [2.24, 2.45) is 0 Å². The van der Waals surface area contributed by atoms with Crippen LogP contribution in [0.5, 0.6) is 0 Å². The lowest BCUT2D eigenvalue weighted by Crippen LogP contribution is -2.16. The maximum Gasteiger partial charge on any atom is 0.308 e. The normalized spacial score (nSPS) is 13.2. The molecule has 0 aliphatic heterocycles. The second kappa shape index (κ2) is 7.80. The van der Waals surface area contributed by atoms with Gasteiger partial charge in [0, 0.05) is 0 Å². The van der Waals surface area contributed by atoms with E-state index < -0.39 is 0 Å². The van der Waals surface area contributed by atoms with E-state index >= 15 is 0 Å². The predicted octanol–water partition coefficient (Wildman–Crippen LogP) is 1.92. The molecule has 1 unspecified atom stereocenters. The second-order valence-electron chi connectivity index (χ2n) is 2.72. The maximum absolute atomic E-state index is 11.0. The second-order valence-corrected chi connectivity index (χ2v) is 2.72. The Kier molecular flexibility index (Phi) is 7.30. The fourth-order valence-corrected chi connectivity index (χ4v) is 0.830. The van der Waals surface area contributed by atoms with Crippen LogP contribution in [0, 0.1) is 0 Å². The lowest BCUT2D eigenvalue weighted by Gasteiger charge is -2.10. The van der Waals surface area contributed by atoms with Gasteiger partial charge in [-0.1, -0.05) is 12.2 Å². The Balaban J connectivity index is 3.49. The van der Waals surface area contributed by atoms with E-state index in [1.165, 1.54) is 0 Å². The molecular formula is C10H18O3. The first-order chi connectivity index (χ1) is 6.20. The van der Waals surface area contributed by atoms with Crippen LogP contribution in [-0.2, 0) is 14.3 Å². The number of rotatable bonds is 6. The summed E-state index contributed by atoms with van der Waals surface area (Å²) in [6.07, 6.45) is 4.07. The first kappa shape index (κ1) is 12.2. The Hall–Kier alpha value is -0.830. The summed E-state index contributed by atoms with van der Waals surface area (Å²) in [7, 11) is 0. The highest BCUT2D eigenvalue weighted by Gasteiger charge is 2.08. The molecule has 0 aromatic rings. The first-order valence-corrected chi connectivity index (χ1v) is 4.59. The fourth-order valence-electron chi connectivity index (χ4n) is 0.830. The van der Waals surface area contributed by atoms with Crippen LogP contribution in [0.15, 0.2) is 12.2 Å². The molecule has 76 valence electrons. The maximum atomic E-state index is 11.0. The van der Waals surface area contributed by atoms with Crippen LogP contribution < -0.4 is 0 Å². The van der Waals surface area contributed by atoms with Crippen LogP contribution in [0.4, 0.5) is 0 Å². The molecule has 0 spiro atoms. The zero-order valence-electron chi connectivity index (χ0n) is 8.58. The summed E-state index contributed by atoms with van der Waals surface area (Å²) in [4.78, 5) is 11.0. The highest BCUT2D eigenvalue weighted by atomic mass is 16.5. The summed E-state index contributed by atoms with van der Waals surface area (Å²) in [5.74, 6) is -0.199. The van der Waals surface area contributed by atoms with Crippen molar-refractivity contribution in [1.82, 2.24) is 0 Å². The van der Waals surface area contributed by atoms with Crippen LogP contribution >= 0.6 is 0 Å². The molecule has 0 aromatic heterocycles. The van der Waals surface area contributed by atoms with Gasteiger partial charge in [0.15, 0.2) is 0 Å². The van der Waals surface area contributed by atoms with Crippen molar-refractivity contribution < 1.29 is 14.3 Å². The van der Waals surface area contributed by atoms with Crippen LogP contribution in [-0.4, -0.2) is 25.3 Å². The van der Waals surface area contributed by atoms with Gasteiger partial charge in [-0.3, -0.25) is 4.79 Å². The molecule has 3 heteroatoms. The molecule has 0 fully saturated rings.